The Bertz CT molecular complexity index is 865. The molecule has 1 unspecified atom stereocenters. The molecule has 142 valence electrons. The van der Waals surface area contributed by atoms with E-state index in [4.69, 9.17) is 21.1 Å². The summed E-state index contributed by atoms with van der Waals surface area (Å²) in [7, 11) is 0. The molecule has 1 aliphatic rings. The molecule has 6 heteroatoms. The maximum absolute atomic E-state index is 12.2. The van der Waals surface area contributed by atoms with Crippen molar-refractivity contribution in [1.82, 2.24) is 5.32 Å². The van der Waals surface area contributed by atoms with Gasteiger partial charge in [-0.05, 0) is 48.2 Å². The van der Waals surface area contributed by atoms with Crippen molar-refractivity contribution in [2.45, 2.75) is 26.2 Å². The largest absolute Gasteiger partial charge is 0.492 e. The summed E-state index contributed by atoms with van der Waals surface area (Å²) in [5, 5.41) is 3.30. The van der Waals surface area contributed by atoms with E-state index >= 15 is 0 Å². The van der Waals surface area contributed by atoms with E-state index in [1.54, 1.807) is 12.1 Å². The number of hydrogen-bond donors (Lipinski definition) is 1. The average Bonchev–Trinajstić information content (AvgIpc) is 2.94. The van der Waals surface area contributed by atoms with Crippen LogP contribution < -0.4 is 14.8 Å². The van der Waals surface area contributed by atoms with Crippen LogP contribution in [-0.2, 0) is 4.79 Å². The van der Waals surface area contributed by atoms with E-state index in [1.165, 1.54) is 0 Å². The number of rotatable bonds is 7. The van der Waals surface area contributed by atoms with E-state index in [-0.39, 0.29) is 24.2 Å². The molecule has 0 radical (unpaired) electrons. The molecule has 0 aliphatic heterocycles. The Morgan fingerprint density at radius 1 is 1.26 bits per heavy atom. The second-order valence-corrected chi connectivity index (χ2v) is 7.07. The standard InChI is InChI=1S/C21H22ClNO4/c1-13-4-3-5-15(10-13)26-9-8-23-19(25)12-27-18-7-6-16(22)20-14(2)11-17(24)21(18)20/h3-7,10,14H,8-9,11-12H2,1-2H3,(H,23,25). The van der Waals surface area contributed by atoms with Gasteiger partial charge in [-0.1, -0.05) is 30.7 Å². The van der Waals surface area contributed by atoms with Gasteiger partial charge in [-0.3, -0.25) is 9.59 Å². The molecule has 0 fully saturated rings. The van der Waals surface area contributed by atoms with Gasteiger partial charge in [0.25, 0.3) is 5.91 Å². The summed E-state index contributed by atoms with van der Waals surface area (Å²) in [5.41, 5.74) is 2.43. The summed E-state index contributed by atoms with van der Waals surface area (Å²) in [6.45, 7) is 4.51. The fraction of sp³-hybridized carbons (Fsp3) is 0.333. The molecular weight excluding hydrogens is 366 g/mol. The van der Waals surface area contributed by atoms with Gasteiger partial charge in [0.15, 0.2) is 12.4 Å². The predicted octanol–water partition coefficient (Wildman–Crippen LogP) is 3.91. The van der Waals surface area contributed by atoms with Gasteiger partial charge in [0.2, 0.25) is 0 Å². The van der Waals surface area contributed by atoms with Crippen molar-refractivity contribution in [2.24, 2.45) is 0 Å². The first-order chi connectivity index (χ1) is 13.0. The predicted molar refractivity (Wildman–Crippen MR) is 104 cm³/mol. The van der Waals surface area contributed by atoms with Crippen molar-refractivity contribution < 1.29 is 19.1 Å². The molecule has 5 nitrogen and oxygen atoms in total. The molecule has 0 heterocycles. The summed E-state index contributed by atoms with van der Waals surface area (Å²) in [4.78, 5) is 24.2. The molecule has 3 rings (SSSR count). The van der Waals surface area contributed by atoms with Crippen LogP contribution in [0.2, 0.25) is 5.02 Å². The van der Waals surface area contributed by atoms with E-state index in [9.17, 15) is 9.59 Å². The highest BCUT2D eigenvalue weighted by Crippen LogP contribution is 2.42. The molecule has 1 atom stereocenters. The van der Waals surface area contributed by atoms with Gasteiger partial charge >= 0.3 is 0 Å². The number of ether oxygens (including phenoxy) is 2. The molecule has 0 saturated heterocycles. The number of fused-ring (bicyclic) bond motifs is 1. The van der Waals surface area contributed by atoms with Gasteiger partial charge in [-0.25, -0.2) is 0 Å². The Morgan fingerprint density at radius 3 is 2.85 bits per heavy atom. The lowest BCUT2D eigenvalue weighted by Crippen LogP contribution is -2.32. The Kier molecular flexibility index (Phi) is 6.01. The van der Waals surface area contributed by atoms with Crippen molar-refractivity contribution in [3.05, 3.63) is 58.1 Å². The van der Waals surface area contributed by atoms with Crippen LogP contribution in [0.4, 0.5) is 0 Å². The van der Waals surface area contributed by atoms with Crippen LogP contribution in [0.3, 0.4) is 0 Å². The fourth-order valence-electron chi connectivity index (χ4n) is 3.20. The molecule has 0 spiro atoms. The van der Waals surface area contributed by atoms with Crippen molar-refractivity contribution in [3.8, 4) is 11.5 Å². The first kappa shape index (κ1) is 19.2. The zero-order valence-corrected chi connectivity index (χ0v) is 16.1. The number of hydrogen-bond acceptors (Lipinski definition) is 4. The first-order valence-electron chi connectivity index (χ1n) is 8.90. The lowest BCUT2D eigenvalue weighted by atomic mass is 10.0. The van der Waals surface area contributed by atoms with Crippen LogP contribution in [0.5, 0.6) is 11.5 Å². The Labute approximate surface area is 163 Å². The zero-order chi connectivity index (χ0) is 19.4. The van der Waals surface area contributed by atoms with E-state index in [1.807, 2.05) is 38.1 Å². The number of ketones is 1. The van der Waals surface area contributed by atoms with Crippen LogP contribution in [0.25, 0.3) is 0 Å². The van der Waals surface area contributed by atoms with Crippen molar-refractivity contribution in [3.63, 3.8) is 0 Å². The monoisotopic (exact) mass is 387 g/mol. The number of carbonyl (C=O) groups excluding carboxylic acids is 2. The second kappa shape index (κ2) is 8.44. The van der Waals surface area contributed by atoms with Crippen molar-refractivity contribution in [1.29, 1.82) is 0 Å². The summed E-state index contributed by atoms with van der Waals surface area (Å²) < 4.78 is 11.2. The maximum atomic E-state index is 12.2. The van der Waals surface area contributed by atoms with Crippen LogP contribution >= 0.6 is 11.6 Å². The maximum Gasteiger partial charge on any atom is 0.258 e. The van der Waals surface area contributed by atoms with Gasteiger partial charge in [0.05, 0.1) is 12.1 Å². The lowest BCUT2D eigenvalue weighted by Gasteiger charge is -2.13. The summed E-state index contributed by atoms with van der Waals surface area (Å²) in [6.07, 6.45) is 0.415. The molecule has 1 amide bonds. The number of carbonyl (C=O) groups is 2. The molecule has 2 aromatic carbocycles. The average molecular weight is 388 g/mol. The third-order valence-corrected chi connectivity index (χ3v) is 4.79. The van der Waals surface area contributed by atoms with E-state index in [0.717, 1.165) is 16.9 Å². The summed E-state index contributed by atoms with van der Waals surface area (Å²) in [6, 6.07) is 11.1. The molecule has 1 aliphatic carbocycles. The number of aryl methyl sites for hydroxylation is 1. The fourth-order valence-corrected chi connectivity index (χ4v) is 3.55. The van der Waals surface area contributed by atoms with Crippen LogP contribution in [0.15, 0.2) is 36.4 Å². The Morgan fingerprint density at radius 2 is 2.07 bits per heavy atom. The normalized spacial score (nSPS) is 15.4. The third-order valence-electron chi connectivity index (χ3n) is 4.46. The minimum Gasteiger partial charge on any atom is -0.492 e. The van der Waals surface area contributed by atoms with Crippen molar-refractivity contribution >= 4 is 23.3 Å². The van der Waals surface area contributed by atoms with Gasteiger partial charge < -0.3 is 14.8 Å². The Hall–Kier alpha value is -2.53. The number of amides is 1. The smallest absolute Gasteiger partial charge is 0.258 e. The highest BCUT2D eigenvalue weighted by Gasteiger charge is 2.31. The number of benzene rings is 2. The van der Waals surface area contributed by atoms with Gasteiger partial charge in [0, 0.05) is 11.4 Å². The minimum atomic E-state index is -0.273. The second-order valence-electron chi connectivity index (χ2n) is 6.67. The van der Waals surface area contributed by atoms with Crippen molar-refractivity contribution in [2.75, 3.05) is 19.8 Å². The van der Waals surface area contributed by atoms with E-state index < -0.39 is 0 Å². The summed E-state index contributed by atoms with van der Waals surface area (Å²) in [5.74, 6) is 0.975. The van der Waals surface area contributed by atoms with Gasteiger partial charge in [-0.15, -0.1) is 0 Å². The highest BCUT2D eigenvalue weighted by molar-refractivity contribution is 6.32. The van der Waals surface area contributed by atoms with Crippen LogP contribution in [0.1, 0.15) is 40.7 Å². The SMILES string of the molecule is Cc1cccc(OCCNC(=O)COc2ccc(Cl)c3c2C(=O)CC3C)c1. The molecule has 1 N–H and O–H groups in total. The minimum absolute atomic E-state index is 0.00182. The van der Waals surface area contributed by atoms with Crippen LogP contribution in [0, 0.1) is 6.92 Å². The Balaban J connectivity index is 1.48. The topological polar surface area (TPSA) is 64.6 Å². The molecule has 0 bridgehead atoms. The highest BCUT2D eigenvalue weighted by atomic mass is 35.5. The van der Waals surface area contributed by atoms with Crippen LogP contribution in [-0.4, -0.2) is 31.4 Å². The number of Topliss-reactive ketones (excluding diaryl/α,β-unsaturated/α-hetero) is 1. The molecular formula is C21H22ClNO4. The first-order valence-corrected chi connectivity index (χ1v) is 9.28. The lowest BCUT2D eigenvalue weighted by molar-refractivity contribution is -0.123. The van der Waals surface area contributed by atoms with E-state index in [2.05, 4.69) is 5.32 Å². The molecule has 0 aromatic heterocycles. The molecule has 2 aromatic rings. The van der Waals surface area contributed by atoms with E-state index in [0.29, 0.717) is 35.9 Å². The molecule has 27 heavy (non-hydrogen) atoms. The summed E-state index contributed by atoms with van der Waals surface area (Å²) >= 11 is 6.21. The molecule has 0 saturated carbocycles. The third kappa shape index (κ3) is 4.61. The quantitative estimate of drug-likeness (QED) is 0.731. The number of halogens is 1. The zero-order valence-electron chi connectivity index (χ0n) is 15.4. The number of nitrogens with one attached hydrogen (secondary N) is 1. The van der Waals surface area contributed by atoms with Gasteiger partial charge in [0.1, 0.15) is 18.1 Å². The van der Waals surface area contributed by atoms with Gasteiger partial charge in [-0.2, -0.15) is 0 Å².